The molecule has 0 aliphatic rings. The second-order valence-electron chi connectivity index (χ2n) is 6.96. The van der Waals surface area contributed by atoms with Crippen molar-refractivity contribution in [3.8, 4) is 11.4 Å². The van der Waals surface area contributed by atoms with Gasteiger partial charge in [0.15, 0.2) is 5.65 Å². The Bertz CT molecular complexity index is 1350. The van der Waals surface area contributed by atoms with Gasteiger partial charge in [0.05, 0.1) is 23.8 Å². The van der Waals surface area contributed by atoms with Crippen LogP contribution in [0.3, 0.4) is 0 Å². The summed E-state index contributed by atoms with van der Waals surface area (Å²) < 4.78 is 1.51. The first kappa shape index (κ1) is 19.8. The summed E-state index contributed by atoms with van der Waals surface area (Å²) in [5, 5.41) is 12.8. The summed E-state index contributed by atoms with van der Waals surface area (Å²) in [6, 6.07) is 6.64. The minimum atomic E-state index is -0.809. The summed E-state index contributed by atoms with van der Waals surface area (Å²) in [5.74, 6) is -1.27. The number of carbonyl (C=O) groups is 2. The van der Waals surface area contributed by atoms with E-state index in [-0.39, 0.29) is 34.0 Å². The molecule has 0 radical (unpaired) electrons. The lowest BCUT2D eigenvalue weighted by atomic mass is 10.1. The number of anilines is 2. The number of fused-ring (bicyclic) bond motifs is 1. The summed E-state index contributed by atoms with van der Waals surface area (Å²) in [5.41, 5.74) is 14.5. The van der Waals surface area contributed by atoms with Gasteiger partial charge in [0, 0.05) is 11.8 Å². The standard InChI is InChI=1S/C21H19N7O3/c1-10-5-6-14(29)11(2)17(10)28-18(22)15(19(23)30)16-20(28)25-9-13(27-16)21(31)26-12-4-3-7-24-8-12/h3-9,29H,22H2,1-2H3,(H2,23,30)(H,26,31). The number of primary amides is 1. The van der Waals surface area contributed by atoms with Gasteiger partial charge in [-0.2, -0.15) is 0 Å². The highest BCUT2D eigenvalue weighted by atomic mass is 16.3. The minimum absolute atomic E-state index is 0.0177. The Balaban J connectivity index is 1.92. The van der Waals surface area contributed by atoms with Gasteiger partial charge in [0.2, 0.25) is 0 Å². The number of hydrogen-bond acceptors (Lipinski definition) is 7. The lowest BCUT2D eigenvalue weighted by Gasteiger charge is -2.15. The molecule has 0 aliphatic heterocycles. The fourth-order valence-electron chi connectivity index (χ4n) is 3.44. The molecule has 3 heterocycles. The fraction of sp³-hybridized carbons (Fsp3) is 0.0952. The van der Waals surface area contributed by atoms with Gasteiger partial charge < -0.3 is 21.9 Å². The van der Waals surface area contributed by atoms with E-state index in [1.165, 1.54) is 17.0 Å². The van der Waals surface area contributed by atoms with Crippen molar-refractivity contribution in [2.45, 2.75) is 13.8 Å². The Hall–Kier alpha value is -4.47. The molecule has 0 saturated carbocycles. The maximum absolute atomic E-state index is 12.6. The van der Waals surface area contributed by atoms with Gasteiger partial charge in [0.1, 0.15) is 28.3 Å². The third kappa shape index (κ3) is 3.29. The highest BCUT2D eigenvalue weighted by molar-refractivity contribution is 6.11. The van der Waals surface area contributed by atoms with Crippen molar-refractivity contribution in [1.82, 2.24) is 19.5 Å². The Morgan fingerprint density at radius 1 is 1.16 bits per heavy atom. The largest absolute Gasteiger partial charge is 0.508 e. The summed E-state index contributed by atoms with van der Waals surface area (Å²) >= 11 is 0. The van der Waals surface area contributed by atoms with E-state index >= 15 is 0 Å². The van der Waals surface area contributed by atoms with Crippen LogP contribution in [-0.4, -0.2) is 36.4 Å². The third-order valence-corrected chi connectivity index (χ3v) is 4.93. The van der Waals surface area contributed by atoms with E-state index in [0.29, 0.717) is 16.9 Å². The van der Waals surface area contributed by atoms with Crippen LogP contribution in [-0.2, 0) is 0 Å². The van der Waals surface area contributed by atoms with Crippen molar-refractivity contribution in [3.63, 3.8) is 0 Å². The van der Waals surface area contributed by atoms with E-state index in [1.807, 2.05) is 6.92 Å². The van der Waals surface area contributed by atoms with Crippen LogP contribution < -0.4 is 16.8 Å². The molecule has 0 atom stereocenters. The van der Waals surface area contributed by atoms with Crippen molar-refractivity contribution in [2.24, 2.45) is 5.73 Å². The number of phenols is 1. The molecule has 4 rings (SSSR count). The number of amides is 2. The zero-order valence-corrected chi connectivity index (χ0v) is 16.7. The average Bonchev–Trinajstić information content (AvgIpc) is 3.03. The molecule has 0 saturated heterocycles. The van der Waals surface area contributed by atoms with Crippen molar-refractivity contribution in [2.75, 3.05) is 11.1 Å². The number of benzene rings is 1. The van der Waals surface area contributed by atoms with Crippen molar-refractivity contribution < 1.29 is 14.7 Å². The topological polar surface area (TPSA) is 162 Å². The number of hydrogen-bond donors (Lipinski definition) is 4. The van der Waals surface area contributed by atoms with Crippen LogP contribution in [0.1, 0.15) is 32.0 Å². The van der Waals surface area contributed by atoms with Gasteiger partial charge in [-0.05, 0) is 37.6 Å². The van der Waals surface area contributed by atoms with Gasteiger partial charge in [-0.25, -0.2) is 9.97 Å². The lowest BCUT2D eigenvalue weighted by molar-refractivity contribution is 0.0997. The van der Waals surface area contributed by atoms with Crippen LogP contribution in [0, 0.1) is 13.8 Å². The molecule has 10 nitrogen and oxygen atoms in total. The highest BCUT2D eigenvalue weighted by Crippen LogP contribution is 2.34. The second-order valence-corrected chi connectivity index (χ2v) is 6.96. The fourth-order valence-corrected chi connectivity index (χ4v) is 3.44. The predicted molar refractivity (Wildman–Crippen MR) is 115 cm³/mol. The van der Waals surface area contributed by atoms with E-state index in [2.05, 4.69) is 20.3 Å². The zero-order chi connectivity index (χ0) is 22.3. The van der Waals surface area contributed by atoms with Crippen molar-refractivity contribution in [1.29, 1.82) is 0 Å². The summed E-state index contributed by atoms with van der Waals surface area (Å²) in [6.07, 6.45) is 4.35. The van der Waals surface area contributed by atoms with Crippen molar-refractivity contribution >= 4 is 34.5 Å². The van der Waals surface area contributed by atoms with E-state index in [1.54, 1.807) is 37.4 Å². The van der Waals surface area contributed by atoms with Crippen LogP contribution in [0.5, 0.6) is 5.75 Å². The van der Waals surface area contributed by atoms with Crippen LogP contribution in [0.4, 0.5) is 11.5 Å². The van der Waals surface area contributed by atoms with E-state index < -0.39 is 11.8 Å². The Morgan fingerprint density at radius 3 is 2.61 bits per heavy atom. The first-order chi connectivity index (χ1) is 14.8. The summed E-state index contributed by atoms with van der Waals surface area (Å²) in [7, 11) is 0. The molecule has 156 valence electrons. The molecule has 0 spiro atoms. The number of phenolic OH excluding ortho intramolecular Hbond substituents is 1. The molecule has 0 bridgehead atoms. The molecular weight excluding hydrogens is 398 g/mol. The van der Waals surface area contributed by atoms with Crippen LogP contribution >= 0.6 is 0 Å². The lowest BCUT2D eigenvalue weighted by Crippen LogP contribution is -2.16. The molecule has 10 heteroatoms. The molecule has 4 aromatic rings. The minimum Gasteiger partial charge on any atom is -0.508 e. The SMILES string of the molecule is Cc1ccc(O)c(C)c1-n1c(N)c(C(N)=O)c2nc(C(=O)Nc3cccnc3)cnc21. The molecule has 0 fully saturated rings. The maximum Gasteiger partial charge on any atom is 0.275 e. The van der Waals surface area contributed by atoms with Crippen LogP contribution in [0.25, 0.3) is 16.9 Å². The van der Waals surface area contributed by atoms with Gasteiger partial charge >= 0.3 is 0 Å². The quantitative estimate of drug-likeness (QED) is 0.395. The molecule has 1 aromatic carbocycles. The van der Waals surface area contributed by atoms with E-state index in [0.717, 1.165) is 5.56 Å². The van der Waals surface area contributed by atoms with Crippen LogP contribution in [0.15, 0.2) is 42.9 Å². The highest BCUT2D eigenvalue weighted by Gasteiger charge is 2.26. The molecule has 0 unspecified atom stereocenters. The smallest absolute Gasteiger partial charge is 0.275 e. The number of carbonyl (C=O) groups excluding carboxylic acids is 2. The average molecular weight is 417 g/mol. The van der Waals surface area contributed by atoms with Gasteiger partial charge in [-0.15, -0.1) is 0 Å². The third-order valence-electron chi connectivity index (χ3n) is 4.93. The summed E-state index contributed by atoms with van der Waals surface area (Å²) in [6.45, 7) is 3.55. The molecule has 6 N–H and O–H groups in total. The number of nitrogens with one attached hydrogen (secondary N) is 1. The first-order valence-electron chi connectivity index (χ1n) is 9.27. The number of nitrogen functional groups attached to an aromatic ring is 1. The first-order valence-corrected chi connectivity index (χ1v) is 9.27. The number of pyridine rings is 1. The second kappa shape index (κ2) is 7.41. The molecule has 3 aromatic heterocycles. The number of nitrogens with two attached hydrogens (primary N) is 2. The Kier molecular flexibility index (Phi) is 4.74. The number of aromatic hydroxyl groups is 1. The number of rotatable bonds is 4. The van der Waals surface area contributed by atoms with E-state index in [4.69, 9.17) is 11.5 Å². The Labute approximate surface area is 176 Å². The predicted octanol–water partition coefficient (Wildman–Crippen LogP) is 2.07. The van der Waals surface area contributed by atoms with Gasteiger partial charge in [-0.1, -0.05) is 6.07 Å². The number of nitrogens with zero attached hydrogens (tertiary/aromatic N) is 4. The van der Waals surface area contributed by atoms with Gasteiger partial charge in [-0.3, -0.25) is 19.1 Å². The molecule has 2 amide bonds. The molecular formula is C21H19N7O3. The van der Waals surface area contributed by atoms with E-state index in [9.17, 15) is 14.7 Å². The zero-order valence-electron chi connectivity index (χ0n) is 16.7. The Morgan fingerprint density at radius 2 is 1.94 bits per heavy atom. The number of aryl methyl sites for hydroxylation is 1. The number of aromatic nitrogens is 4. The monoisotopic (exact) mass is 417 g/mol. The normalized spacial score (nSPS) is 10.9. The maximum atomic E-state index is 12.6. The molecule has 0 aliphatic carbocycles. The summed E-state index contributed by atoms with van der Waals surface area (Å²) in [4.78, 5) is 37.4. The van der Waals surface area contributed by atoms with Gasteiger partial charge in [0.25, 0.3) is 11.8 Å². The van der Waals surface area contributed by atoms with Crippen molar-refractivity contribution in [3.05, 3.63) is 65.2 Å². The van der Waals surface area contributed by atoms with Crippen LogP contribution in [0.2, 0.25) is 0 Å². The molecule has 31 heavy (non-hydrogen) atoms.